The first-order chi connectivity index (χ1) is 15.2. The highest BCUT2D eigenvalue weighted by Crippen LogP contribution is 2.34. The average Bonchev–Trinajstić information content (AvgIpc) is 2.77. The second-order valence-corrected chi connectivity index (χ2v) is 9.85. The zero-order chi connectivity index (χ0) is 23.3. The number of anilines is 1. The van der Waals surface area contributed by atoms with Crippen LogP contribution < -0.4 is 9.64 Å². The van der Waals surface area contributed by atoms with Crippen LogP contribution in [0.4, 0.5) is 10.5 Å². The van der Waals surface area contributed by atoms with E-state index in [0.717, 1.165) is 28.6 Å². The van der Waals surface area contributed by atoms with E-state index in [2.05, 4.69) is 15.9 Å². The largest absolute Gasteiger partial charge is 0.497 e. The normalized spacial score (nSPS) is 16.4. The van der Waals surface area contributed by atoms with Crippen molar-refractivity contribution in [2.24, 2.45) is 5.92 Å². The third kappa shape index (κ3) is 6.25. The molecule has 0 bridgehead atoms. The van der Waals surface area contributed by atoms with Crippen LogP contribution in [0.1, 0.15) is 39.2 Å². The number of piperidine rings is 1. The van der Waals surface area contributed by atoms with Crippen LogP contribution in [0.2, 0.25) is 0 Å². The molecule has 6 nitrogen and oxygen atoms in total. The summed E-state index contributed by atoms with van der Waals surface area (Å²) >= 11 is 3.60. The molecular weight excluding hydrogens is 472 g/mol. The number of carbonyl (C=O) groups excluding carboxylic acids is 2. The van der Waals surface area contributed by atoms with Gasteiger partial charge < -0.3 is 19.3 Å². The SMILES string of the molecule is COc1ccc(Br)c(N(Cc2ccccc2)C(=O)C2CCCN(C(=O)OC(C)(C)C)C2)c1. The average molecular weight is 503 g/mol. The summed E-state index contributed by atoms with van der Waals surface area (Å²) in [5, 5.41) is 0. The predicted octanol–water partition coefficient (Wildman–Crippen LogP) is 5.64. The van der Waals surface area contributed by atoms with E-state index in [1.54, 1.807) is 16.9 Å². The molecule has 0 radical (unpaired) electrons. The van der Waals surface area contributed by atoms with Gasteiger partial charge in [0.25, 0.3) is 0 Å². The number of rotatable bonds is 5. The van der Waals surface area contributed by atoms with Crippen LogP contribution in [0.5, 0.6) is 5.75 Å². The number of ether oxygens (including phenoxy) is 2. The van der Waals surface area contributed by atoms with Crippen LogP contribution in [-0.2, 0) is 16.1 Å². The first-order valence-corrected chi connectivity index (χ1v) is 11.6. The van der Waals surface area contributed by atoms with Crippen molar-refractivity contribution in [3.8, 4) is 5.75 Å². The van der Waals surface area contributed by atoms with E-state index in [1.807, 2.05) is 69.3 Å². The van der Waals surface area contributed by atoms with Gasteiger partial charge in [0.2, 0.25) is 5.91 Å². The molecule has 1 saturated heterocycles. The van der Waals surface area contributed by atoms with Crippen molar-refractivity contribution in [2.75, 3.05) is 25.1 Å². The zero-order valence-corrected chi connectivity index (χ0v) is 20.7. The molecule has 1 atom stereocenters. The number of nitrogens with zero attached hydrogens (tertiary/aromatic N) is 2. The molecule has 1 aliphatic rings. The molecule has 2 aromatic rings. The van der Waals surface area contributed by atoms with Crippen molar-refractivity contribution in [3.63, 3.8) is 0 Å². The predicted molar refractivity (Wildman–Crippen MR) is 129 cm³/mol. The Balaban J connectivity index is 1.87. The third-order valence-corrected chi connectivity index (χ3v) is 5.99. The van der Waals surface area contributed by atoms with Gasteiger partial charge in [0.1, 0.15) is 11.4 Å². The Kier molecular flexibility index (Phi) is 7.82. The molecule has 0 N–H and O–H groups in total. The van der Waals surface area contributed by atoms with E-state index in [4.69, 9.17) is 9.47 Å². The second kappa shape index (κ2) is 10.4. The third-order valence-electron chi connectivity index (χ3n) is 5.32. The standard InChI is InChI=1S/C25H31BrN2O4/c1-25(2,3)32-24(30)27-14-8-11-19(17-27)23(29)28(16-18-9-6-5-7-10-18)22-15-20(31-4)12-13-21(22)26/h5-7,9-10,12-13,15,19H,8,11,14,16-17H2,1-4H3. The Hall–Kier alpha value is -2.54. The summed E-state index contributed by atoms with van der Waals surface area (Å²) in [6, 6.07) is 15.5. The van der Waals surface area contributed by atoms with Gasteiger partial charge in [-0.25, -0.2) is 4.79 Å². The molecule has 1 fully saturated rings. The van der Waals surface area contributed by atoms with Crippen molar-refractivity contribution < 1.29 is 19.1 Å². The lowest BCUT2D eigenvalue weighted by Crippen LogP contribution is -2.48. The number of carbonyl (C=O) groups is 2. The molecule has 0 saturated carbocycles. The molecule has 0 aliphatic carbocycles. The summed E-state index contributed by atoms with van der Waals surface area (Å²) in [7, 11) is 1.61. The lowest BCUT2D eigenvalue weighted by atomic mass is 9.96. The number of likely N-dealkylation sites (tertiary alicyclic amines) is 1. The van der Waals surface area contributed by atoms with Crippen molar-refractivity contribution in [1.29, 1.82) is 0 Å². The van der Waals surface area contributed by atoms with E-state index in [0.29, 0.717) is 25.4 Å². The fourth-order valence-corrected chi connectivity index (χ4v) is 4.23. The summed E-state index contributed by atoms with van der Waals surface area (Å²) in [4.78, 5) is 29.8. The molecule has 172 valence electrons. The molecule has 7 heteroatoms. The smallest absolute Gasteiger partial charge is 0.410 e. The maximum atomic E-state index is 13.8. The number of methoxy groups -OCH3 is 1. The van der Waals surface area contributed by atoms with E-state index in [9.17, 15) is 9.59 Å². The number of amides is 2. The summed E-state index contributed by atoms with van der Waals surface area (Å²) in [6.07, 6.45) is 1.12. The Morgan fingerprint density at radius 3 is 2.53 bits per heavy atom. The van der Waals surface area contributed by atoms with Crippen LogP contribution in [0.15, 0.2) is 53.0 Å². The van der Waals surface area contributed by atoms with E-state index >= 15 is 0 Å². The van der Waals surface area contributed by atoms with Gasteiger partial charge in [0, 0.05) is 23.6 Å². The molecule has 1 unspecified atom stereocenters. The van der Waals surface area contributed by atoms with Gasteiger partial charge >= 0.3 is 6.09 Å². The van der Waals surface area contributed by atoms with Crippen molar-refractivity contribution in [2.45, 2.75) is 45.8 Å². The van der Waals surface area contributed by atoms with Gasteiger partial charge in [-0.1, -0.05) is 30.3 Å². The molecule has 0 aromatic heterocycles. The fourth-order valence-electron chi connectivity index (χ4n) is 3.77. The van der Waals surface area contributed by atoms with E-state index in [1.165, 1.54) is 0 Å². The number of hydrogen-bond acceptors (Lipinski definition) is 4. The number of hydrogen-bond donors (Lipinski definition) is 0. The van der Waals surface area contributed by atoms with E-state index in [-0.39, 0.29) is 17.9 Å². The molecule has 32 heavy (non-hydrogen) atoms. The van der Waals surface area contributed by atoms with Gasteiger partial charge in [-0.2, -0.15) is 0 Å². The van der Waals surface area contributed by atoms with Crippen LogP contribution >= 0.6 is 15.9 Å². The lowest BCUT2D eigenvalue weighted by Gasteiger charge is -2.36. The first kappa shape index (κ1) is 24.1. The van der Waals surface area contributed by atoms with Gasteiger partial charge in [0.15, 0.2) is 0 Å². The van der Waals surface area contributed by atoms with Crippen molar-refractivity contribution in [1.82, 2.24) is 4.90 Å². The highest BCUT2D eigenvalue weighted by atomic mass is 79.9. The Morgan fingerprint density at radius 1 is 1.16 bits per heavy atom. The first-order valence-electron chi connectivity index (χ1n) is 10.8. The van der Waals surface area contributed by atoms with Crippen molar-refractivity contribution in [3.05, 3.63) is 58.6 Å². The summed E-state index contributed by atoms with van der Waals surface area (Å²) in [5.74, 6) is 0.349. The summed E-state index contributed by atoms with van der Waals surface area (Å²) < 4.78 is 11.7. The van der Waals surface area contributed by atoms with Gasteiger partial charge in [-0.15, -0.1) is 0 Å². The number of benzene rings is 2. The van der Waals surface area contributed by atoms with Crippen LogP contribution in [0, 0.1) is 5.92 Å². The monoisotopic (exact) mass is 502 g/mol. The van der Waals surface area contributed by atoms with Crippen LogP contribution in [0.25, 0.3) is 0 Å². The highest BCUT2D eigenvalue weighted by Gasteiger charge is 2.34. The Labute approximate surface area is 198 Å². The zero-order valence-electron chi connectivity index (χ0n) is 19.1. The minimum atomic E-state index is -0.571. The fraction of sp³-hybridized carbons (Fsp3) is 0.440. The molecule has 0 spiro atoms. The summed E-state index contributed by atoms with van der Waals surface area (Å²) in [6.45, 7) is 6.91. The topological polar surface area (TPSA) is 59.1 Å². The van der Waals surface area contributed by atoms with Crippen LogP contribution in [-0.4, -0.2) is 42.7 Å². The lowest BCUT2D eigenvalue weighted by molar-refractivity contribution is -0.124. The minimum Gasteiger partial charge on any atom is -0.497 e. The molecular formula is C25H31BrN2O4. The van der Waals surface area contributed by atoms with Crippen molar-refractivity contribution >= 4 is 33.6 Å². The number of halogens is 1. The highest BCUT2D eigenvalue weighted by molar-refractivity contribution is 9.10. The van der Waals surface area contributed by atoms with Crippen LogP contribution in [0.3, 0.4) is 0 Å². The summed E-state index contributed by atoms with van der Waals surface area (Å²) in [5.41, 5.74) is 1.20. The molecule has 1 aliphatic heterocycles. The second-order valence-electron chi connectivity index (χ2n) is 8.99. The van der Waals surface area contributed by atoms with E-state index < -0.39 is 5.60 Å². The Morgan fingerprint density at radius 2 is 1.88 bits per heavy atom. The maximum absolute atomic E-state index is 13.8. The van der Waals surface area contributed by atoms with Gasteiger partial charge in [-0.3, -0.25) is 4.79 Å². The minimum absolute atomic E-state index is 0.0175. The maximum Gasteiger partial charge on any atom is 0.410 e. The molecule has 2 amide bonds. The Bertz CT molecular complexity index is 943. The molecule has 2 aromatic carbocycles. The quantitative estimate of drug-likeness (QED) is 0.530. The molecule has 3 rings (SSSR count). The van der Waals surface area contributed by atoms with Gasteiger partial charge in [-0.05, 0) is 67.2 Å². The molecule has 1 heterocycles. The van der Waals surface area contributed by atoms with Gasteiger partial charge in [0.05, 0.1) is 25.3 Å².